The average molecular weight is 352 g/mol. The van der Waals surface area contributed by atoms with E-state index in [1.165, 1.54) is 0 Å². The third-order valence-corrected chi connectivity index (χ3v) is 4.18. The van der Waals surface area contributed by atoms with Gasteiger partial charge in [0, 0.05) is 23.6 Å². The van der Waals surface area contributed by atoms with E-state index in [1.54, 1.807) is 0 Å². The predicted molar refractivity (Wildman–Crippen MR) is 94.0 cm³/mol. The SMILES string of the molecule is O=COCC[n+]1ccc(-c2ccc3cc[n+](CCC(=O)O)cc3c2)cc1. The van der Waals surface area contributed by atoms with Gasteiger partial charge >= 0.3 is 5.97 Å². The summed E-state index contributed by atoms with van der Waals surface area (Å²) >= 11 is 0. The van der Waals surface area contributed by atoms with Crippen LogP contribution in [0.25, 0.3) is 21.9 Å². The lowest BCUT2D eigenvalue weighted by Crippen LogP contribution is -2.34. The summed E-state index contributed by atoms with van der Waals surface area (Å²) in [5, 5.41) is 11.0. The summed E-state index contributed by atoms with van der Waals surface area (Å²) in [7, 11) is 0. The van der Waals surface area contributed by atoms with Crippen molar-refractivity contribution in [3.05, 3.63) is 61.2 Å². The molecule has 0 amide bonds. The van der Waals surface area contributed by atoms with E-state index in [4.69, 9.17) is 9.84 Å². The van der Waals surface area contributed by atoms with Crippen LogP contribution >= 0.6 is 0 Å². The van der Waals surface area contributed by atoms with Crippen molar-refractivity contribution in [2.24, 2.45) is 0 Å². The molecular formula is C20H20N2O4+2. The molecule has 0 aliphatic heterocycles. The number of carbonyl (C=O) groups excluding carboxylic acids is 1. The van der Waals surface area contributed by atoms with Gasteiger partial charge < -0.3 is 9.84 Å². The molecule has 3 rings (SSSR count). The Balaban J connectivity index is 1.80. The number of hydrogen-bond donors (Lipinski definition) is 1. The number of hydrogen-bond acceptors (Lipinski definition) is 3. The van der Waals surface area contributed by atoms with Crippen molar-refractivity contribution >= 4 is 23.2 Å². The molecule has 26 heavy (non-hydrogen) atoms. The Morgan fingerprint density at radius 3 is 2.46 bits per heavy atom. The molecule has 1 N–H and O–H groups in total. The predicted octanol–water partition coefficient (Wildman–Crippen LogP) is 1.73. The van der Waals surface area contributed by atoms with Crippen molar-refractivity contribution in [2.45, 2.75) is 19.5 Å². The lowest BCUT2D eigenvalue weighted by atomic mass is 10.0. The maximum absolute atomic E-state index is 10.7. The lowest BCUT2D eigenvalue weighted by molar-refractivity contribution is -0.697. The maximum Gasteiger partial charge on any atom is 0.309 e. The van der Waals surface area contributed by atoms with Gasteiger partial charge in [0.25, 0.3) is 6.47 Å². The van der Waals surface area contributed by atoms with Gasteiger partial charge in [-0.25, -0.2) is 9.13 Å². The fraction of sp³-hybridized carbons (Fsp3) is 0.200. The van der Waals surface area contributed by atoms with Crippen molar-refractivity contribution in [1.29, 1.82) is 0 Å². The molecule has 0 atom stereocenters. The molecule has 2 aromatic heterocycles. The van der Waals surface area contributed by atoms with Gasteiger partial charge in [0.1, 0.15) is 13.0 Å². The van der Waals surface area contributed by atoms with Crippen LogP contribution in [0.4, 0.5) is 0 Å². The fourth-order valence-corrected chi connectivity index (χ4v) is 2.78. The number of aromatic nitrogens is 2. The highest BCUT2D eigenvalue weighted by atomic mass is 16.5. The van der Waals surface area contributed by atoms with Crippen molar-refractivity contribution in [1.82, 2.24) is 0 Å². The fourth-order valence-electron chi connectivity index (χ4n) is 2.78. The molecule has 1 aromatic carbocycles. The van der Waals surface area contributed by atoms with E-state index in [2.05, 4.69) is 18.2 Å². The van der Waals surface area contributed by atoms with Crippen LogP contribution in [-0.4, -0.2) is 24.2 Å². The number of carboxylic acids is 1. The van der Waals surface area contributed by atoms with E-state index in [0.717, 1.165) is 21.9 Å². The quantitative estimate of drug-likeness (QED) is 0.381. The maximum atomic E-state index is 10.7. The first-order valence-corrected chi connectivity index (χ1v) is 8.35. The Morgan fingerprint density at radius 2 is 1.73 bits per heavy atom. The van der Waals surface area contributed by atoms with Gasteiger partial charge in [-0.2, -0.15) is 0 Å². The largest absolute Gasteiger partial charge is 0.481 e. The average Bonchev–Trinajstić information content (AvgIpc) is 2.66. The Hall–Kier alpha value is -3.28. The number of nitrogens with zero attached hydrogens (tertiary/aromatic N) is 2. The third-order valence-electron chi connectivity index (χ3n) is 4.18. The minimum atomic E-state index is -0.803. The first-order chi connectivity index (χ1) is 12.7. The molecule has 132 valence electrons. The summed E-state index contributed by atoms with van der Waals surface area (Å²) in [6.07, 6.45) is 7.87. The summed E-state index contributed by atoms with van der Waals surface area (Å²) in [5.74, 6) is -0.803. The number of benzene rings is 1. The van der Waals surface area contributed by atoms with Crippen LogP contribution in [0.5, 0.6) is 0 Å². The van der Waals surface area contributed by atoms with Gasteiger partial charge in [0.15, 0.2) is 37.9 Å². The van der Waals surface area contributed by atoms with Crippen LogP contribution in [0.1, 0.15) is 6.42 Å². The van der Waals surface area contributed by atoms with Gasteiger partial charge in [-0.3, -0.25) is 9.59 Å². The molecule has 6 heteroatoms. The molecule has 0 fully saturated rings. The molecule has 0 radical (unpaired) electrons. The first-order valence-electron chi connectivity index (χ1n) is 8.35. The number of rotatable bonds is 8. The summed E-state index contributed by atoms with van der Waals surface area (Å²) in [5.41, 5.74) is 2.17. The monoisotopic (exact) mass is 352 g/mol. The van der Waals surface area contributed by atoms with Crippen molar-refractivity contribution in [2.75, 3.05) is 6.61 Å². The highest BCUT2D eigenvalue weighted by molar-refractivity contribution is 5.85. The van der Waals surface area contributed by atoms with Crippen LogP contribution < -0.4 is 9.13 Å². The molecule has 2 heterocycles. The van der Waals surface area contributed by atoms with Gasteiger partial charge in [-0.05, 0) is 22.6 Å². The molecule has 6 nitrogen and oxygen atoms in total. The number of carbonyl (C=O) groups is 2. The normalized spacial score (nSPS) is 10.6. The summed E-state index contributed by atoms with van der Waals surface area (Å²) in [4.78, 5) is 20.9. The third kappa shape index (κ3) is 4.42. The summed E-state index contributed by atoms with van der Waals surface area (Å²) in [6.45, 7) is 1.86. The van der Waals surface area contributed by atoms with E-state index in [0.29, 0.717) is 26.2 Å². The number of fused-ring (bicyclic) bond motifs is 1. The zero-order valence-electron chi connectivity index (χ0n) is 14.2. The van der Waals surface area contributed by atoms with Crippen LogP contribution in [-0.2, 0) is 27.4 Å². The van der Waals surface area contributed by atoms with E-state index in [-0.39, 0.29) is 6.42 Å². The molecule has 0 aliphatic carbocycles. The molecule has 3 aromatic rings. The number of carboxylic acid groups (broad SMARTS) is 1. The zero-order chi connectivity index (χ0) is 18.4. The summed E-state index contributed by atoms with van der Waals surface area (Å²) < 4.78 is 8.55. The van der Waals surface area contributed by atoms with Crippen LogP contribution in [0.15, 0.2) is 61.2 Å². The number of aliphatic carboxylic acids is 1. The smallest absolute Gasteiger partial charge is 0.309 e. The number of pyridine rings is 2. The van der Waals surface area contributed by atoms with E-state index < -0.39 is 5.97 Å². The molecule has 0 spiro atoms. The molecule has 0 bridgehead atoms. The van der Waals surface area contributed by atoms with Crippen LogP contribution in [0.3, 0.4) is 0 Å². The second-order valence-electron chi connectivity index (χ2n) is 5.96. The minimum Gasteiger partial charge on any atom is -0.481 e. The summed E-state index contributed by atoms with van der Waals surface area (Å²) in [6, 6.07) is 12.3. The lowest BCUT2D eigenvalue weighted by Gasteiger charge is -2.04. The van der Waals surface area contributed by atoms with Crippen LogP contribution in [0.2, 0.25) is 0 Å². The van der Waals surface area contributed by atoms with Crippen molar-refractivity contribution in [3.8, 4) is 11.1 Å². The van der Waals surface area contributed by atoms with E-state index in [1.807, 2.05) is 52.1 Å². The number of aryl methyl sites for hydroxylation is 1. The minimum absolute atomic E-state index is 0.0996. The van der Waals surface area contributed by atoms with Gasteiger partial charge in [-0.1, -0.05) is 12.1 Å². The molecule has 0 saturated carbocycles. The Labute approximate surface area is 150 Å². The van der Waals surface area contributed by atoms with Gasteiger partial charge in [0.05, 0.1) is 0 Å². The highest BCUT2D eigenvalue weighted by Crippen LogP contribution is 2.22. The highest BCUT2D eigenvalue weighted by Gasteiger charge is 2.08. The van der Waals surface area contributed by atoms with E-state index >= 15 is 0 Å². The topological polar surface area (TPSA) is 71.4 Å². The Morgan fingerprint density at radius 1 is 0.962 bits per heavy atom. The Kier molecular flexibility index (Phi) is 5.53. The molecule has 0 unspecified atom stereocenters. The van der Waals surface area contributed by atoms with Crippen LogP contribution in [0, 0.1) is 0 Å². The van der Waals surface area contributed by atoms with Crippen molar-refractivity contribution in [3.63, 3.8) is 0 Å². The molecule has 0 aliphatic rings. The first kappa shape index (κ1) is 17.5. The van der Waals surface area contributed by atoms with Crippen molar-refractivity contribution < 1.29 is 28.6 Å². The van der Waals surface area contributed by atoms with E-state index in [9.17, 15) is 9.59 Å². The second kappa shape index (κ2) is 8.20. The zero-order valence-corrected chi connectivity index (χ0v) is 14.2. The van der Waals surface area contributed by atoms with Gasteiger partial charge in [-0.15, -0.1) is 0 Å². The van der Waals surface area contributed by atoms with Gasteiger partial charge in [0.2, 0.25) is 0 Å². The number of ether oxygens (including phenoxy) is 1. The second-order valence-corrected chi connectivity index (χ2v) is 5.96. The standard InChI is InChI=1S/C20H19N2O4/c23-15-26-12-11-21-7-3-17(4-8-21)18-2-1-16-5-9-22(10-6-20(24)25)14-19(16)13-18/h1-5,7-9,13-15H,6,10-12H2/q+1/p+1. The Bertz CT molecular complexity index is 923. The molecular weight excluding hydrogens is 332 g/mol. The molecule has 0 saturated heterocycles.